The number of carbonyl (C=O) groups is 2. The fourth-order valence-electron chi connectivity index (χ4n) is 4.91. The van der Waals surface area contributed by atoms with Crippen molar-refractivity contribution in [1.82, 2.24) is 0 Å². The van der Waals surface area contributed by atoms with Crippen LogP contribution in [0.2, 0.25) is 0 Å². The molecule has 5 rings (SSSR count). The van der Waals surface area contributed by atoms with Gasteiger partial charge in [0.2, 0.25) is 11.6 Å². The third-order valence-electron chi connectivity index (χ3n) is 6.91. The zero-order chi connectivity index (χ0) is 27.5. The number of ketones is 2. The molecule has 0 aromatic heterocycles. The molecule has 0 saturated carbocycles. The summed E-state index contributed by atoms with van der Waals surface area (Å²) in [6.07, 6.45) is 0. The monoisotopic (exact) mass is 514 g/mol. The maximum absolute atomic E-state index is 16.4. The van der Waals surface area contributed by atoms with E-state index in [0.29, 0.717) is 11.4 Å². The number of phenolic OH excluding ortho intramolecular Hbond substituents is 2. The standard InChI is InChI=1S/C30H24F2N2O4/c1-13-7-5-8-14(2)25(13)33-27-23(31)21-22(24(32)28(27)34-26-15(3)9-6-10-16(26)4)30(38)20-18(36)12-11-17(35)19(20)29(21)37/h5-12,33-36H,1-4H3. The van der Waals surface area contributed by atoms with Gasteiger partial charge in [0.05, 0.1) is 22.3 Å². The second-order valence-electron chi connectivity index (χ2n) is 9.42. The fourth-order valence-corrected chi connectivity index (χ4v) is 4.91. The largest absolute Gasteiger partial charge is 0.507 e. The molecule has 4 aromatic rings. The van der Waals surface area contributed by atoms with Gasteiger partial charge in [0.1, 0.15) is 22.9 Å². The molecule has 0 unspecified atom stereocenters. The Morgan fingerprint density at radius 3 is 1.16 bits per heavy atom. The molecule has 8 heteroatoms. The molecule has 0 radical (unpaired) electrons. The Morgan fingerprint density at radius 1 is 0.526 bits per heavy atom. The van der Waals surface area contributed by atoms with Crippen molar-refractivity contribution in [3.63, 3.8) is 0 Å². The zero-order valence-corrected chi connectivity index (χ0v) is 21.1. The average molecular weight is 515 g/mol. The highest BCUT2D eigenvalue weighted by atomic mass is 19.1. The summed E-state index contributed by atoms with van der Waals surface area (Å²) in [6, 6.07) is 12.9. The molecule has 1 aliphatic carbocycles. The van der Waals surface area contributed by atoms with Crippen molar-refractivity contribution < 1.29 is 28.6 Å². The summed E-state index contributed by atoms with van der Waals surface area (Å²) in [7, 11) is 0. The number of aryl methyl sites for hydroxylation is 4. The van der Waals surface area contributed by atoms with E-state index in [4.69, 9.17) is 0 Å². The lowest BCUT2D eigenvalue weighted by molar-refractivity contribution is 0.0967. The number of carbonyl (C=O) groups excluding carboxylic acids is 2. The van der Waals surface area contributed by atoms with Gasteiger partial charge in [-0.2, -0.15) is 0 Å². The summed E-state index contributed by atoms with van der Waals surface area (Å²) < 4.78 is 32.8. The summed E-state index contributed by atoms with van der Waals surface area (Å²) in [5.41, 5.74) is 0.470. The van der Waals surface area contributed by atoms with Crippen molar-refractivity contribution in [2.75, 3.05) is 10.6 Å². The van der Waals surface area contributed by atoms with Gasteiger partial charge in [-0.15, -0.1) is 0 Å². The number of aromatic hydroxyl groups is 2. The number of anilines is 4. The first-order chi connectivity index (χ1) is 18.0. The van der Waals surface area contributed by atoms with E-state index in [1.807, 2.05) is 12.1 Å². The maximum atomic E-state index is 16.4. The minimum Gasteiger partial charge on any atom is -0.507 e. The van der Waals surface area contributed by atoms with E-state index in [0.717, 1.165) is 34.4 Å². The Balaban J connectivity index is 1.84. The van der Waals surface area contributed by atoms with Gasteiger partial charge in [0.15, 0.2) is 11.6 Å². The molecule has 6 nitrogen and oxygen atoms in total. The van der Waals surface area contributed by atoms with E-state index in [1.165, 1.54) is 0 Å². The molecule has 0 spiro atoms. The molecule has 38 heavy (non-hydrogen) atoms. The van der Waals surface area contributed by atoms with Gasteiger partial charge in [-0.3, -0.25) is 9.59 Å². The van der Waals surface area contributed by atoms with Crippen LogP contribution >= 0.6 is 0 Å². The number of nitrogens with one attached hydrogen (secondary N) is 2. The number of fused-ring (bicyclic) bond motifs is 2. The Hall–Kier alpha value is -4.72. The molecule has 4 aromatic carbocycles. The van der Waals surface area contributed by atoms with E-state index in [-0.39, 0.29) is 11.4 Å². The van der Waals surface area contributed by atoms with Crippen molar-refractivity contribution in [1.29, 1.82) is 0 Å². The minimum absolute atomic E-state index is 0.370. The van der Waals surface area contributed by atoms with Crippen LogP contribution in [0.15, 0.2) is 48.5 Å². The van der Waals surface area contributed by atoms with E-state index >= 15 is 8.78 Å². The summed E-state index contributed by atoms with van der Waals surface area (Å²) >= 11 is 0. The van der Waals surface area contributed by atoms with Crippen molar-refractivity contribution in [3.8, 4) is 11.5 Å². The quantitative estimate of drug-likeness (QED) is 0.195. The van der Waals surface area contributed by atoms with Gasteiger partial charge in [0, 0.05) is 11.4 Å². The second-order valence-corrected chi connectivity index (χ2v) is 9.42. The van der Waals surface area contributed by atoms with E-state index < -0.39 is 57.0 Å². The average Bonchev–Trinajstić information content (AvgIpc) is 2.86. The molecular weight excluding hydrogens is 490 g/mol. The van der Waals surface area contributed by atoms with Crippen molar-refractivity contribution in [3.05, 3.63) is 105 Å². The Labute approximate surface area is 217 Å². The van der Waals surface area contributed by atoms with Crippen LogP contribution in [0.1, 0.15) is 54.1 Å². The molecule has 0 atom stereocenters. The molecule has 0 aliphatic heterocycles. The lowest BCUT2D eigenvalue weighted by atomic mass is 9.81. The molecule has 0 heterocycles. The molecule has 0 bridgehead atoms. The topological polar surface area (TPSA) is 98.7 Å². The smallest absolute Gasteiger partial charge is 0.201 e. The number of hydrogen-bond acceptors (Lipinski definition) is 6. The molecule has 0 saturated heterocycles. The first-order valence-corrected chi connectivity index (χ1v) is 11.9. The number of hydrogen-bond donors (Lipinski definition) is 4. The normalized spacial score (nSPS) is 12.3. The Morgan fingerprint density at radius 2 is 0.842 bits per heavy atom. The van der Waals surface area contributed by atoms with Crippen molar-refractivity contribution in [2.24, 2.45) is 0 Å². The number of para-hydroxylation sites is 2. The van der Waals surface area contributed by atoms with Gasteiger partial charge in [-0.1, -0.05) is 36.4 Å². The number of benzene rings is 4. The van der Waals surface area contributed by atoms with Gasteiger partial charge in [-0.05, 0) is 62.1 Å². The third-order valence-corrected chi connectivity index (χ3v) is 6.91. The third kappa shape index (κ3) is 3.68. The van der Waals surface area contributed by atoms with E-state index in [9.17, 15) is 19.8 Å². The maximum Gasteiger partial charge on any atom is 0.201 e. The molecule has 0 fully saturated rings. The lowest BCUT2D eigenvalue weighted by Gasteiger charge is -2.26. The summed E-state index contributed by atoms with van der Waals surface area (Å²) in [5, 5.41) is 26.5. The number of phenols is 2. The fraction of sp³-hybridized carbons (Fsp3) is 0.133. The van der Waals surface area contributed by atoms with Crippen LogP contribution in [0.3, 0.4) is 0 Å². The lowest BCUT2D eigenvalue weighted by Crippen LogP contribution is -2.26. The highest BCUT2D eigenvalue weighted by molar-refractivity contribution is 6.31. The minimum atomic E-state index is -1.16. The molecular formula is C30H24F2N2O4. The van der Waals surface area contributed by atoms with E-state index in [2.05, 4.69) is 10.6 Å². The Kier molecular flexibility index (Phi) is 5.90. The summed E-state index contributed by atoms with van der Waals surface area (Å²) in [5.74, 6) is -5.79. The molecule has 4 N–H and O–H groups in total. The van der Waals surface area contributed by atoms with Crippen LogP contribution in [0, 0.1) is 39.3 Å². The van der Waals surface area contributed by atoms with Crippen LogP contribution in [-0.4, -0.2) is 21.8 Å². The van der Waals surface area contributed by atoms with Gasteiger partial charge >= 0.3 is 0 Å². The first-order valence-electron chi connectivity index (χ1n) is 11.9. The van der Waals surface area contributed by atoms with Gasteiger partial charge in [-0.25, -0.2) is 8.78 Å². The van der Waals surface area contributed by atoms with E-state index in [1.54, 1.807) is 52.0 Å². The second kappa shape index (κ2) is 8.99. The molecule has 1 aliphatic rings. The molecule has 192 valence electrons. The van der Waals surface area contributed by atoms with Gasteiger partial charge < -0.3 is 20.8 Å². The molecule has 0 amide bonds. The van der Waals surface area contributed by atoms with Crippen LogP contribution < -0.4 is 10.6 Å². The van der Waals surface area contributed by atoms with Crippen LogP contribution in [-0.2, 0) is 0 Å². The highest BCUT2D eigenvalue weighted by Crippen LogP contribution is 2.46. The summed E-state index contributed by atoms with van der Waals surface area (Å²) in [6.45, 7) is 7.19. The van der Waals surface area contributed by atoms with Crippen molar-refractivity contribution in [2.45, 2.75) is 27.7 Å². The van der Waals surface area contributed by atoms with Crippen LogP contribution in [0.5, 0.6) is 11.5 Å². The summed E-state index contributed by atoms with van der Waals surface area (Å²) in [4.78, 5) is 26.9. The zero-order valence-electron chi connectivity index (χ0n) is 21.1. The predicted octanol–water partition coefficient (Wildman–Crippen LogP) is 6.87. The predicted molar refractivity (Wildman–Crippen MR) is 141 cm³/mol. The number of rotatable bonds is 4. The van der Waals surface area contributed by atoms with Crippen LogP contribution in [0.25, 0.3) is 0 Å². The van der Waals surface area contributed by atoms with Crippen LogP contribution in [0.4, 0.5) is 31.5 Å². The number of halogens is 2. The first kappa shape index (κ1) is 25.0. The highest BCUT2D eigenvalue weighted by Gasteiger charge is 2.41. The SMILES string of the molecule is Cc1cccc(C)c1Nc1c(F)c2c(c(F)c1Nc1c(C)cccc1C)C(=O)c1c(O)ccc(O)c1C2=O. The Bertz CT molecular complexity index is 1530. The van der Waals surface area contributed by atoms with Crippen molar-refractivity contribution >= 4 is 34.3 Å². The van der Waals surface area contributed by atoms with Gasteiger partial charge in [0.25, 0.3) is 0 Å².